The minimum Gasteiger partial charge on any atom is -0.381 e. The van der Waals surface area contributed by atoms with Crippen LogP contribution in [0.1, 0.15) is 42.5 Å². The van der Waals surface area contributed by atoms with Crippen LogP contribution in [0.5, 0.6) is 0 Å². The maximum absolute atomic E-state index is 5.55. The van der Waals surface area contributed by atoms with Crippen LogP contribution in [0.3, 0.4) is 0 Å². The highest BCUT2D eigenvalue weighted by Gasteiger charge is 2.26. The van der Waals surface area contributed by atoms with Gasteiger partial charge in [-0.15, -0.1) is 0 Å². The van der Waals surface area contributed by atoms with E-state index < -0.39 is 0 Å². The molecule has 1 N–H and O–H groups in total. The zero-order valence-corrected chi connectivity index (χ0v) is 11.8. The fourth-order valence-electron chi connectivity index (χ4n) is 2.63. The first-order chi connectivity index (χ1) is 8.72. The van der Waals surface area contributed by atoms with Gasteiger partial charge in [-0.2, -0.15) is 0 Å². The molecule has 2 atom stereocenters. The predicted octanol–water partition coefficient (Wildman–Crippen LogP) is 3.38. The second kappa shape index (κ2) is 6.35. The van der Waals surface area contributed by atoms with Crippen molar-refractivity contribution in [2.24, 2.45) is 5.92 Å². The lowest BCUT2D eigenvalue weighted by molar-refractivity contribution is 0.176. The molecule has 0 aliphatic carbocycles. The molecule has 1 aromatic rings. The second-order valence-electron chi connectivity index (χ2n) is 5.40. The van der Waals surface area contributed by atoms with E-state index in [9.17, 15) is 0 Å². The first-order valence-corrected chi connectivity index (χ1v) is 7.10. The number of hydrogen-bond acceptors (Lipinski definition) is 2. The number of nitrogens with one attached hydrogen (secondary N) is 1. The smallest absolute Gasteiger partial charge is 0.0513 e. The Hall–Kier alpha value is -0.860. The van der Waals surface area contributed by atoms with Gasteiger partial charge in [0.05, 0.1) is 6.61 Å². The monoisotopic (exact) mass is 247 g/mol. The predicted molar refractivity (Wildman–Crippen MR) is 75.9 cm³/mol. The highest BCUT2D eigenvalue weighted by molar-refractivity contribution is 5.32. The van der Waals surface area contributed by atoms with Crippen molar-refractivity contribution in [2.45, 2.75) is 39.7 Å². The molecule has 1 aliphatic heterocycles. The average molecular weight is 247 g/mol. The highest BCUT2D eigenvalue weighted by Crippen LogP contribution is 2.29. The number of ether oxygens (including phenoxy) is 1. The lowest BCUT2D eigenvalue weighted by Gasteiger charge is -2.25. The summed E-state index contributed by atoms with van der Waals surface area (Å²) in [6.45, 7) is 9.48. The van der Waals surface area contributed by atoms with Crippen molar-refractivity contribution in [1.82, 2.24) is 5.32 Å². The van der Waals surface area contributed by atoms with Crippen LogP contribution in [0.15, 0.2) is 18.2 Å². The van der Waals surface area contributed by atoms with Crippen molar-refractivity contribution in [3.63, 3.8) is 0 Å². The summed E-state index contributed by atoms with van der Waals surface area (Å²) in [5, 5.41) is 3.69. The molecule has 2 heteroatoms. The second-order valence-corrected chi connectivity index (χ2v) is 5.40. The van der Waals surface area contributed by atoms with E-state index in [1.807, 2.05) is 0 Å². The molecule has 0 bridgehead atoms. The van der Waals surface area contributed by atoms with E-state index in [1.165, 1.54) is 29.5 Å². The minimum absolute atomic E-state index is 0.451. The van der Waals surface area contributed by atoms with Crippen molar-refractivity contribution in [3.05, 3.63) is 34.9 Å². The van der Waals surface area contributed by atoms with E-state index in [0.29, 0.717) is 12.0 Å². The Labute approximate surface area is 111 Å². The molecule has 18 heavy (non-hydrogen) atoms. The molecule has 2 rings (SSSR count). The first-order valence-electron chi connectivity index (χ1n) is 7.10. The Bertz CT molecular complexity index is 383. The molecule has 1 aromatic carbocycles. The molecular formula is C16H25NO. The minimum atomic E-state index is 0.451. The van der Waals surface area contributed by atoms with Crippen LogP contribution in [-0.4, -0.2) is 19.8 Å². The van der Waals surface area contributed by atoms with E-state index in [4.69, 9.17) is 4.74 Å². The normalized spacial score (nSPS) is 21.2. The molecule has 0 aromatic heterocycles. The fraction of sp³-hybridized carbons (Fsp3) is 0.625. The largest absolute Gasteiger partial charge is 0.381 e. The van der Waals surface area contributed by atoms with E-state index in [2.05, 4.69) is 44.3 Å². The third kappa shape index (κ3) is 3.12. The van der Waals surface area contributed by atoms with Crippen LogP contribution in [0.25, 0.3) is 0 Å². The van der Waals surface area contributed by atoms with Gasteiger partial charge >= 0.3 is 0 Å². The van der Waals surface area contributed by atoms with Crippen molar-refractivity contribution in [1.29, 1.82) is 0 Å². The van der Waals surface area contributed by atoms with E-state index in [-0.39, 0.29) is 0 Å². The quantitative estimate of drug-likeness (QED) is 0.861. The zero-order valence-electron chi connectivity index (χ0n) is 11.8. The molecule has 2 unspecified atom stereocenters. The van der Waals surface area contributed by atoms with Crippen molar-refractivity contribution >= 4 is 0 Å². The van der Waals surface area contributed by atoms with Gasteiger partial charge in [0.15, 0.2) is 0 Å². The summed E-state index contributed by atoms with van der Waals surface area (Å²) in [5.74, 6) is 0.624. The van der Waals surface area contributed by atoms with Crippen LogP contribution in [0.4, 0.5) is 0 Å². The van der Waals surface area contributed by atoms with Gasteiger partial charge in [-0.25, -0.2) is 0 Å². The van der Waals surface area contributed by atoms with Gasteiger partial charge in [-0.05, 0) is 49.9 Å². The van der Waals surface area contributed by atoms with Gasteiger partial charge in [-0.3, -0.25) is 0 Å². The first kappa shape index (κ1) is 13.6. The SMILES string of the molecule is CCCNC(c1ccc(C)c(C)c1)C1CCOC1. The maximum atomic E-state index is 5.55. The van der Waals surface area contributed by atoms with Crippen LogP contribution in [-0.2, 0) is 4.74 Å². The van der Waals surface area contributed by atoms with Crippen LogP contribution >= 0.6 is 0 Å². The molecule has 0 saturated carbocycles. The molecule has 1 heterocycles. The summed E-state index contributed by atoms with van der Waals surface area (Å²) in [6, 6.07) is 7.29. The zero-order chi connectivity index (χ0) is 13.0. The molecular weight excluding hydrogens is 222 g/mol. The lowest BCUT2D eigenvalue weighted by Crippen LogP contribution is -2.29. The Kier molecular flexibility index (Phi) is 4.79. The van der Waals surface area contributed by atoms with E-state index in [1.54, 1.807) is 0 Å². The summed E-state index contributed by atoms with van der Waals surface area (Å²) >= 11 is 0. The Morgan fingerprint density at radius 2 is 2.17 bits per heavy atom. The summed E-state index contributed by atoms with van der Waals surface area (Å²) in [4.78, 5) is 0. The van der Waals surface area contributed by atoms with Crippen LogP contribution in [0.2, 0.25) is 0 Å². The molecule has 1 fully saturated rings. The third-order valence-electron chi connectivity index (χ3n) is 3.94. The van der Waals surface area contributed by atoms with Crippen molar-refractivity contribution in [3.8, 4) is 0 Å². The molecule has 100 valence electrons. The maximum Gasteiger partial charge on any atom is 0.0513 e. The van der Waals surface area contributed by atoms with Crippen molar-refractivity contribution in [2.75, 3.05) is 19.8 Å². The number of benzene rings is 1. The van der Waals surface area contributed by atoms with Gasteiger partial charge in [-0.1, -0.05) is 25.1 Å². The van der Waals surface area contributed by atoms with Gasteiger partial charge < -0.3 is 10.1 Å². The highest BCUT2D eigenvalue weighted by atomic mass is 16.5. The summed E-state index contributed by atoms with van der Waals surface area (Å²) in [6.07, 6.45) is 2.35. The molecule has 1 aliphatic rings. The molecule has 1 saturated heterocycles. The third-order valence-corrected chi connectivity index (χ3v) is 3.94. The standard InChI is InChI=1S/C16H25NO/c1-4-8-17-16(15-7-9-18-11-15)14-6-5-12(2)13(3)10-14/h5-6,10,15-17H,4,7-9,11H2,1-3H3. The van der Waals surface area contributed by atoms with E-state index in [0.717, 1.165) is 19.8 Å². The fourth-order valence-corrected chi connectivity index (χ4v) is 2.63. The Morgan fingerprint density at radius 3 is 2.78 bits per heavy atom. The summed E-state index contributed by atoms with van der Waals surface area (Å²) < 4.78 is 5.55. The topological polar surface area (TPSA) is 21.3 Å². The Balaban J connectivity index is 2.17. The summed E-state index contributed by atoms with van der Waals surface area (Å²) in [5.41, 5.74) is 4.17. The summed E-state index contributed by atoms with van der Waals surface area (Å²) in [7, 11) is 0. The molecule has 0 radical (unpaired) electrons. The van der Waals surface area contributed by atoms with Crippen LogP contribution in [0, 0.1) is 19.8 Å². The van der Waals surface area contributed by atoms with Crippen LogP contribution < -0.4 is 5.32 Å². The van der Waals surface area contributed by atoms with Crippen molar-refractivity contribution < 1.29 is 4.74 Å². The average Bonchev–Trinajstić information content (AvgIpc) is 2.88. The number of hydrogen-bond donors (Lipinski definition) is 1. The van der Waals surface area contributed by atoms with Gasteiger partial charge in [0.1, 0.15) is 0 Å². The van der Waals surface area contributed by atoms with Gasteiger partial charge in [0.2, 0.25) is 0 Å². The van der Waals surface area contributed by atoms with Gasteiger partial charge in [0, 0.05) is 18.6 Å². The molecule has 0 amide bonds. The number of rotatable bonds is 5. The number of aryl methyl sites for hydroxylation is 2. The van der Waals surface area contributed by atoms with E-state index >= 15 is 0 Å². The van der Waals surface area contributed by atoms with Gasteiger partial charge in [0.25, 0.3) is 0 Å². The Morgan fingerprint density at radius 1 is 1.33 bits per heavy atom. The molecule has 2 nitrogen and oxygen atoms in total. The molecule has 0 spiro atoms. The lowest BCUT2D eigenvalue weighted by atomic mass is 9.90.